The fourth-order valence-corrected chi connectivity index (χ4v) is 6.07. The van der Waals surface area contributed by atoms with Crippen molar-refractivity contribution in [3.8, 4) is 23.1 Å². The van der Waals surface area contributed by atoms with Crippen LogP contribution in [0.15, 0.2) is 30.3 Å². The van der Waals surface area contributed by atoms with Gasteiger partial charge in [-0.15, -0.1) is 22.7 Å². The fraction of sp³-hybridized carbons (Fsp3) is 0.367. The van der Waals surface area contributed by atoms with E-state index in [4.69, 9.17) is 24.1 Å². The summed E-state index contributed by atoms with van der Waals surface area (Å²) in [6.45, 7) is 3.82. The van der Waals surface area contributed by atoms with Crippen LogP contribution in [0.5, 0.6) is 23.1 Å². The van der Waals surface area contributed by atoms with E-state index < -0.39 is 5.97 Å². The fourth-order valence-electron chi connectivity index (χ4n) is 4.05. The Hall–Kier alpha value is -4.03. The van der Waals surface area contributed by atoms with Crippen LogP contribution in [-0.4, -0.2) is 60.8 Å². The van der Waals surface area contributed by atoms with E-state index in [0.717, 1.165) is 14.8 Å². The van der Waals surface area contributed by atoms with Gasteiger partial charge in [-0.2, -0.15) is 0 Å². The molecule has 222 valence electrons. The smallest absolute Gasteiger partial charge is 0.303 e. The predicted octanol–water partition coefficient (Wildman–Crippen LogP) is 6.22. The van der Waals surface area contributed by atoms with E-state index >= 15 is 0 Å². The number of carbonyl (C=O) groups excluding carboxylic acids is 3. The maximum Gasteiger partial charge on any atom is 0.303 e. The zero-order valence-electron chi connectivity index (χ0n) is 23.7. The summed E-state index contributed by atoms with van der Waals surface area (Å²) in [7, 11) is 3.05. The molecule has 0 bridgehead atoms. The van der Waals surface area contributed by atoms with Gasteiger partial charge in [-0.1, -0.05) is 6.92 Å². The predicted molar refractivity (Wildman–Crippen MR) is 160 cm³/mol. The zero-order chi connectivity index (χ0) is 30.4. The molecule has 3 heterocycles. The van der Waals surface area contributed by atoms with Crippen LogP contribution in [0.1, 0.15) is 58.9 Å². The third-order valence-electron chi connectivity index (χ3n) is 6.54. The third-order valence-corrected chi connectivity index (χ3v) is 8.80. The molecule has 0 aliphatic rings. The molecule has 1 N–H and O–H groups in total. The molecule has 42 heavy (non-hydrogen) atoms. The van der Waals surface area contributed by atoms with Gasteiger partial charge in [-0.05, 0) is 30.5 Å². The number of thiophene rings is 2. The van der Waals surface area contributed by atoms with Crippen molar-refractivity contribution in [1.82, 2.24) is 4.98 Å². The lowest BCUT2D eigenvalue weighted by molar-refractivity contribution is -0.137. The van der Waals surface area contributed by atoms with Crippen LogP contribution < -0.4 is 18.9 Å². The van der Waals surface area contributed by atoms with Gasteiger partial charge >= 0.3 is 5.97 Å². The molecular weight excluding hydrogens is 582 g/mol. The molecule has 1 atom stereocenters. The molecule has 0 aliphatic heterocycles. The number of pyridine rings is 1. The molecule has 0 saturated heterocycles. The van der Waals surface area contributed by atoms with Crippen molar-refractivity contribution >= 4 is 66.3 Å². The molecule has 4 rings (SSSR count). The van der Waals surface area contributed by atoms with Crippen molar-refractivity contribution < 1.29 is 43.2 Å². The summed E-state index contributed by atoms with van der Waals surface area (Å²) in [5.74, 6) is 0.0908. The highest BCUT2D eigenvalue weighted by Crippen LogP contribution is 2.37. The highest BCUT2D eigenvalue weighted by molar-refractivity contribution is 7.21. The molecule has 0 aliphatic carbocycles. The molecule has 0 spiro atoms. The quantitative estimate of drug-likeness (QED) is 0.114. The maximum atomic E-state index is 12.6. The van der Waals surface area contributed by atoms with Crippen molar-refractivity contribution in [3.05, 3.63) is 40.1 Å². The average molecular weight is 614 g/mol. The number of ether oxygens (including phenoxy) is 4. The largest absolute Gasteiger partial charge is 0.493 e. The summed E-state index contributed by atoms with van der Waals surface area (Å²) < 4.78 is 24.4. The summed E-state index contributed by atoms with van der Waals surface area (Å²) in [5.41, 5.74) is 0.612. The van der Waals surface area contributed by atoms with Crippen molar-refractivity contribution in [2.75, 3.05) is 27.4 Å². The van der Waals surface area contributed by atoms with Crippen LogP contribution in [0.3, 0.4) is 0 Å². The standard InChI is InChI=1S/C30H31NO9S2/c1-16(17(2)32)10-21(34)28-13-19-26(42-28)15-24(38-4)30(31-19)40-9-5-8-39-23-11-18-12-27(20(33)6-7-29(35)36)41-25(18)14-22(23)37-3/h11-16H,5-10H2,1-4H3,(H,35,36)/t16-/m0/s1. The van der Waals surface area contributed by atoms with Gasteiger partial charge in [0.05, 0.1) is 53.8 Å². The first-order valence-corrected chi connectivity index (χ1v) is 14.9. The van der Waals surface area contributed by atoms with Gasteiger partial charge in [-0.25, -0.2) is 4.98 Å². The number of carbonyl (C=O) groups is 4. The summed E-state index contributed by atoms with van der Waals surface area (Å²) in [5, 5.41) is 9.65. The Balaban J connectivity index is 1.37. The van der Waals surface area contributed by atoms with E-state index in [1.807, 2.05) is 0 Å². The summed E-state index contributed by atoms with van der Waals surface area (Å²) in [6.07, 6.45) is 0.404. The van der Waals surface area contributed by atoms with Crippen LogP contribution in [0, 0.1) is 5.92 Å². The Kier molecular flexibility index (Phi) is 10.1. The van der Waals surface area contributed by atoms with Crippen molar-refractivity contribution in [2.45, 2.75) is 39.5 Å². The van der Waals surface area contributed by atoms with Crippen molar-refractivity contribution in [1.29, 1.82) is 0 Å². The van der Waals surface area contributed by atoms with Gasteiger partial charge < -0.3 is 24.1 Å². The zero-order valence-corrected chi connectivity index (χ0v) is 25.3. The number of aliphatic carboxylic acids is 1. The number of ketones is 3. The summed E-state index contributed by atoms with van der Waals surface area (Å²) in [4.78, 5) is 52.9. The van der Waals surface area contributed by atoms with Gasteiger partial charge in [0, 0.05) is 42.0 Å². The van der Waals surface area contributed by atoms with Crippen LogP contribution in [0.4, 0.5) is 0 Å². The molecule has 0 amide bonds. The van der Waals surface area contributed by atoms with Gasteiger partial charge in [0.15, 0.2) is 28.8 Å². The van der Waals surface area contributed by atoms with Crippen LogP contribution >= 0.6 is 22.7 Å². The summed E-state index contributed by atoms with van der Waals surface area (Å²) >= 11 is 2.59. The van der Waals surface area contributed by atoms with E-state index in [1.54, 1.807) is 37.3 Å². The topological polar surface area (TPSA) is 138 Å². The normalized spacial score (nSPS) is 11.8. The minimum atomic E-state index is -1.01. The molecule has 1 aromatic carbocycles. The van der Waals surface area contributed by atoms with Gasteiger partial charge in [-0.3, -0.25) is 19.2 Å². The second-order valence-electron chi connectivity index (χ2n) is 9.65. The van der Waals surface area contributed by atoms with Gasteiger partial charge in [0.25, 0.3) is 5.88 Å². The Morgan fingerprint density at radius 3 is 2.19 bits per heavy atom. The average Bonchev–Trinajstić information content (AvgIpc) is 3.58. The molecule has 4 aromatic rings. The third kappa shape index (κ3) is 7.42. The minimum Gasteiger partial charge on any atom is -0.493 e. The van der Waals surface area contributed by atoms with E-state index in [2.05, 4.69) is 4.98 Å². The number of rotatable bonds is 16. The number of fused-ring (bicyclic) bond motifs is 2. The number of benzene rings is 1. The second kappa shape index (κ2) is 13.8. The Bertz CT molecular complexity index is 1640. The first-order chi connectivity index (χ1) is 20.1. The molecule has 0 saturated carbocycles. The van der Waals surface area contributed by atoms with Gasteiger partial charge in [0.1, 0.15) is 5.78 Å². The van der Waals surface area contributed by atoms with Crippen molar-refractivity contribution in [3.63, 3.8) is 0 Å². The molecule has 0 radical (unpaired) electrons. The molecule has 10 nitrogen and oxygen atoms in total. The van der Waals surface area contributed by atoms with Crippen molar-refractivity contribution in [2.24, 2.45) is 5.92 Å². The molecular formula is C30H31NO9S2. The van der Waals surface area contributed by atoms with Crippen LogP contribution in [0.2, 0.25) is 0 Å². The second-order valence-corrected chi connectivity index (χ2v) is 11.8. The summed E-state index contributed by atoms with van der Waals surface area (Å²) in [6, 6.07) is 8.82. The number of nitrogens with zero attached hydrogens (tertiary/aromatic N) is 1. The lowest BCUT2D eigenvalue weighted by atomic mass is 10.0. The van der Waals surface area contributed by atoms with Crippen LogP contribution in [0.25, 0.3) is 20.3 Å². The van der Waals surface area contributed by atoms with E-state index in [9.17, 15) is 19.2 Å². The first-order valence-electron chi connectivity index (χ1n) is 13.2. The monoisotopic (exact) mass is 613 g/mol. The Morgan fingerprint density at radius 1 is 0.833 bits per heavy atom. The van der Waals surface area contributed by atoms with E-state index in [1.165, 1.54) is 43.8 Å². The van der Waals surface area contributed by atoms with Gasteiger partial charge in [0.2, 0.25) is 0 Å². The number of hydrogen-bond acceptors (Lipinski definition) is 11. The lowest BCUT2D eigenvalue weighted by Crippen LogP contribution is -2.11. The Morgan fingerprint density at radius 2 is 1.50 bits per heavy atom. The number of carboxylic acid groups (broad SMARTS) is 1. The van der Waals surface area contributed by atoms with E-state index in [-0.39, 0.29) is 49.1 Å². The van der Waals surface area contributed by atoms with E-state index in [0.29, 0.717) is 51.4 Å². The molecule has 3 aromatic heterocycles. The molecule has 0 unspecified atom stereocenters. The SMILES string of the molecule is COc1cc2sc(C(=O)CCC(=O)O)cc2cc1OCCCOc1nc2cc(C(=O)C[C@H](C)C(C)=O)sc2cc1OC. The number of methoxy groups -OCH3 is 2. The number of carboxylic acids is 1. The lowest BCUT2D eigenvalue weighted by Gasteiger charge is -2.12. The highest BCUT2D eigenvalue weighted by atomic mass is 32.1. The number of Topliss-reactive ketones (excluding diaryl/α,β-unsaturated/α-hetero) is 3. The first kappa shape index (κ1) is 30.9. The maximum absolute atomic E-state index is 12.6. The highest BCUT2D eigenvalue weighted by Gasteiger charge is 2.19. The number of hydrogen-bond donors (Lipinski definition) is 1. The molecule has 0 fully saturated rings. The van der Waals surface area contributed by atoms with Crippen LogP contribution in [-0.2, 0) is 9.59 Å². The molecule has 12 heteroatoms. The Labute approximate surface area is 250 Å². The minimum absolute atomic E-state index is 0.0232. The number of aromatic nitrogens is 1.